The molecule has 0 aromatic heterocycles. The van der Waals surface area contributed by atoms with Crippen LogP contribution in [0.2, 0.25) is 0 Å². The average Bonchev–Trinajstić information content (AvgIpc) is 2.37. The molecule has 15 heavy (non-hydrogen) atoms. The summed E-state index contributed by atoms with van der Waals surface area (Å²) in [5.41, 5.74) is 0.984. The van der Waals surface area contributed by atoms with Gasteiger partial charge >= 0.3 is 0 Å². The maximum absolute atomic E-state index is 13.8. The Kier molecular flexibility index (Phi) is 2.23. The lowest BCUT2D eigenvalue weighted by atomic mass is 9.86. The molecule has 0 spiro atoms. The van der Waals surface area contributed by atoms with Crippen LogP contribution in [-0.4, -0.2) is 12.2 Å². The summed E-state index contributed by atoms with van der Waals surface area (Å²) in [7, 11) is 1.49. The summed E-state index contributed by atoms with van der Waals surface area (Å²) < 4.78 is 18.8. The van der Waals surface area contributed by atoms with Crippen molar-refractivity contribution in [1.82, 2.24) is 0 Å². The van der Waals surface area contributed by atoms with Crippen molar-refractivity contribution in [3.63, 3.8) is 0 Å². The molecule has 1 atom stereocenters. The smallest absolute Gasteiger partial charge is 0.131 e. The predicted molar refractivity (Wildman–Crippen MR) is 55.6 cm³/mol. The Morgan fingerprint density at radius 1 is 1.47 bits per heavy atom. The third kappa shape index (κ3) is 1.51. The molecule has 1 aromatic rings. The minimum absolute atomic E-state index is 0.286. The summed E-state index contributed by atoms with van der Waals surface area (Å²) in [6.07, 6.45) is -0.0218. The Hall–Kier alpha value is -1.09. The number of aliphatic hydroxyl groups is 1. The lowest BCUT2D eigenvalue weighted by Crippen LogP contribution is -2.14. The highest BCUT2D eigenvalue weighted by atomic mass is 19.1. The molecule has 0 saturated carbocycles. The first-order valence-corrected chi connectivity index (χ1v) is 5.01. The number of ether oxygens (including phenoxy) is 1. The standard InChI is InChI=1S/C12H15FO2/c1-12(2)6-10(14)8-4-7(15-3)5-9(13)11(8)12/h4-5,10,14H,6H2,1-3H3. The Balaban J connectivity index is 2.63. The molecule has 0 fully saturated rings. The molecule has 2 nitrogen and oxygen atoms in total. The molecule has 3 heteroatoms. The molecule has 0 bridgehead atoms. The van der Waals surface area contributed by atoms with Crippen LogP contribution in [0.1, 0.15) is 37.5 Å². The van der Waals surface area contributed by atoms with Gasteiger partial charge in [-0.15, -0.1) is 0 Å². The lowest BCUT2D eigenvalue weighted by molar-refractivity contribution is 0.161. The number of fused-ring (bicyclic) bond motifs is 1. The van der Waals surface area contributed by atoms with E-state index in [9.17, 15) is 9.50 Å². The van der Waals surface area contributed by atoms with E-state index in [2.05, 4.69) is 0 Å². The topological polar surface area (TPSA) is 29.5 Å². The van der Waals surface area contributed by atoms with E-state index in [4.69, 9.17) is 4.74 Å². The number of methoxy groups -OCH3 is 1. The van der Waals surface area contributed by atoms with Crippen LogP contribution >= 0.6 is 0 Å². The zero-order valence-corrected chi connectivity index (χ0v) is 9.17. The van der Waals surface area contributed by atoms with E-state index in [1.54, 1.807) is 6.07 Å². The molecule has 2 rings (SSSR count). The van der Waals surface area contributed by atoms with Crippen molar-refractivity contribution in [3.05, 3.63) is 29.1 Å². The van der Waals surface area contributed by atoms with Gasteiger partial charge < -0.3 is 9.84 Å². The van der Waals surface area contributed by atoms with Crippen molar-refractivity contribution >= 4 is 0 Å². The summed E-state index contributed by atoms with van der Waals surface area (Å²) >= 11 is 0. The number of hydrogen-bond donors (Lipinski definition) is 1. The number of halogens is 1. The second-order valence-electron chi connectivity index (χ2n) is 4.68. The highest BCUT2D eigenvalue weighted by Crippen LogP contribution is 2.46. The van der Waals surface area contributed by atoms with Crippen LogP contribution in [0.25, 0.3) is 0 Å². The van der Waals surface area contributed by atoms with Gasteiger partial charge in [-0.1, -0.05) is 13.8 Å². The molecule has 1 aliphatic rings. The fourth-order valence-corrected chi connectivity index (χ4v) is 2.39. The zero-order valence-electron chi connectivity index (χ0n) is 9.17. The number of aliphatic hydroxyl groups excluding tert-OH is 1. The molecule has 0 amide bonds. The van der Waals surface area contributed by atoms with Gasteiger partial charge in [0.05, 0.1) is 13.2 Å². The van der Waals surface area contributed by atoms with Gasteiger partial charge in [0.15, 0.2) is 0 Å². The molecular formula is C12H15FO2. The van der Waals surface area contributed by atoms with Gasteiger partial charge in [-0.3, -0.25) is 0 Å². The Morgan fingerprint density at radius 2 is 2.13 bits per heavy atom. The van der Waals surface area contributed by atoms with Gasteiger partial charge in [0, 0.05) is 6.07 Å². The van der Waals surface area contributed by atoms with Crippen LogP contribution in [0.3, 0.4) is 0 Å². The summed E-state index contributed by atoms with van der Waals surface area (Å²) in [5.74, 6) is 0.175. The summed E-state index contributed by atoms with van der Waals surface area (Å²) in [4.78, 5) is 0. The fourth-order valence-electron chi connectivity index (χ4n) is 2.39. The van der Waals surface area contributed by atoms with Gasteiger partial charge in [-0.25, -0.2) is 4.39 Å². The van der Waals surface area contributed by atoms with Gasteiger partial charge in [0.25, 0.3) is 0 Å². The van der Waals surface area contributed by atoms with E-state index in [1.807, 2.05) is 13.8 Å². The predicted octanol–water partition coefficient (Wildman–Crippen LogP) is 2.55. The first-order valence-electron chi connectivity index (χ1n) is 5.01. The Morgan fingerprint density at radius 3 is 2.73 bits per heavy atom. The van der Waals surface area contributed by atoms with Crippen molar-refractivity contribution in [1.29, 1.82) is 0 Å². The second kappa shape index (κ2) is 3.20. The average molecular weight is 210 g/mol. The first-order chi connectivity index (χ1) is 6.95. The van der Waals surface area contributed by atoms with Crippen LogP contribution in [-0.2, 0) is 5.41 Å². The van der Waals surface area contributed by atoms with Crippen LogP contribution in [0.15, 0.2) is 12.1 Å². The zero-order chi connectivity index (χ0) is 11.2. The van der Waals surface area contributed by atoms with Crippen molar-refractivity contribution < 1.29 is 14.2 Å². The molecule has 0 heterocycles. The van der Waals surface area contributed by atoms with Crippen molar-refractivity contribution in [2.45, 2.75) is 31.8 Å². The van der Waals surface area contributed by atoms with E-state index in [-0.39, 0.29) is 11.2 Å². The van der Waals surface area contributed by atoms with Crippen LogP contribution in [0.4, 0.5) is 4.39 Å². The van der Waals surface area contributed by atoms with E-state index in [0.29, 0.717) is 23.3 Å². The number of benzene rings is 1. The summed E-state index contributed by atoms with van der Waals surface area (Å²) in [5, 5.41) is 9.84. The minimum Gasteiger partial charge on any atom is -0.497 e. The maximum atomic E-state index is 13.8. The van der Waals surface area contributed by atoms with Crippen LogP contribution < -0.4 is 4.74 Å². The van der Waals surface area contributed by atoms with Crippen molar-refractivity contribution in [2.24, 2.45) is 0 Å². The Labute approximate surface area is 88.7 Å². The largest absolute Gasteiger partial charge is 0.497 e. The molecule has 1 aromatic carbocycles. The maximum Gasteiger partial charge on any atom is 0.131 e. The SMILES string of the molecule is COc1cc(F)c2c(c1)C(O)CC2(C)C. The number of rotatable bonds is 1. The van der Waals surface area contributed by atoms with Crippen LogP contribution in [0, 0.1) is 5.82 Å². The molecular weight excluding hydrogens is 195 g/mol. The first kappa shape index (κ1) is 10.4. The van der Waals surface area contributed by atoms with E-state index < -0.39 is 6.10 Å². The Bertz CT molecular complexity index is 399. The minimum atomic E-state index is -0.584. The van der Waals surface area contributed by atoms with Gasteiger partial charge in [0.2, 0.25) is 0 Å². The molecule has 0 aliphatic heterocycles. The van der Waals surface area contributed by atoms with E-state index >= 15 is 0 Å². The highest BCUT2D eigenvalue weighted by molar-refractivity contribution is 5.45. The van der Waals surface area contributed by atoms with E-state index in [1.165, 1.54) is 13.2 Å². The van der Waals surface area contributed by atoms with Crippen molar-refractivity contribution in [3.8, 4) is 5.75 Å². The molecule has 0 saturated heterocycles. The van der Waals surface area contributed by atoms with Gasteiger partial charge in [-0.2, -0.15) is 0 Å². The molecule has 1 N–H and O–H groups in total. The molecule has 1 unspecified atom stereocenters. The van der Waals surface area contributed by atoms with Gasteiger partial charge in [-0.05, 0) is 29.0 Å². The lowest BCUT2D eigenvalue weighted by Gasteiger charge is -2.19. The molecule has 82 valence electrons. The van der Waals surface area contributed by atoms with E-state index in [0.717, 1.165) is 0 Å². The summed E-state index contributed by atoms with van der Waals surface area (Å²) in [6, 6.07) is 3.09. The van der Waals surface area contributed by atoms with Gasteiger partial charge in [0.1, 0.15) is 11.6 Å². The fraction of sp³-hybridized carbons (Fsp3) is 0.500. The third-order valence-electron chi connectivity index (χ3n) is 3.07. The summed E-state index contributed by atoms with van der Waals surface area (Å²) in [6.45, 7) is 3.88. The van der Waals surface area contributed by atoms with Crippen molar-refractivity contribution in [2.75, 3.05) is 7.11 Å². The monoisotopic (exact) mass is 210 g/mol. The second-order valence-corrected chi connectivity index (χ2v) is 4.68. The highest BCUT2D eigenvalue weighted by Gasteiger charge is 2.38. The quantitative estimate of drug-likeness (QED) is 0.771. The number of hydrogen-bond acceptors (Lipinski definition) is 2. The molecule has 1 aliphatic carbocycles. The third-order valence-corrected chi connectivity index (χ3v) is 3.07. The normalized spacial score (nSPS) is 22.6. The molecule has 0 radical (unpaired) electrons. The van der Waals surface area contributed by atoms with Crippen LogP contribution in [0.5, 0.6) is 5.75 Å².